The van der Waals surface area contributed by atoms with E-state index >= 15 is 0 Å². The fourth-order valence-corrected chi connectivity index (χ4v) is 2.70. The third-order valence-corrected chi connectivity index (χ3v) is 4.05. The quantitative estimate of drug-likeness (QED) is 0.832. The highest BCUT2D eigenvalue weighted by molar-refractivity contribution is 5.86. The Morgan fingerprint density at radius 1 is 1.22 bits per heavy atom. The fraction of sp³-hybridized carbons (Fsp3) is 0.529. The molecule has 1 aromatic carbocycles. The maximum absolute atomic E-state index is 14.4. The number of halogens is 1. The van der Waals surface area contributed by atoms with Crippen molar-refractivity contribution >= 4 is 11.9 Å². The molecule has 1 fully saturated rings. The molecule has 0 aromatic heterocycles. The van der Waals surface area contributed by atoms with Crippen molar-refractivity contribution in [2.45, 2.75) is 25.4 Å². The number of carboxylic acids is 1. The molecule has 1 saturated heterocycles. The van der Waals surface area contributed by atoms with E-state index in [2.05, 4.69) is 0 Å². The van der Waals surface area contributed by atoms with Crippen molar-refractivity contribution in [3.63, 3.8) is 0 Å². The summed E-state index contributed by atoms with van der Waals surface area (Å²) < 4.78 is 19.5. The van der Waals surface area contributed by atoms with Crippen LogP contribution in [0, 0.1) is 5.92 Å². The van der Waals surface area contributed by atoms with E-state index in [0.29, 0.717) is 39.1 Å². The Morgan fingerprint density at radius 2 is 1.87 bits per heavy atom. The number of carbonyl (C=O) groups is 2. The van der Waals surface area contributed by atoms with E-state index < -0.39 is 24.0 Å². The van der Waals surface area contributed by atoms with Crippen LogP contribution in [0.15, 0.2) is 30.3 Å². The monoisotopic (exact) mass is 323 g/mol. The van der Waals surface area contributed by atoms with Gasteiger partial charge in [0, 0.05) is 13.1 Å². The summed E-state index contributed by atoms with van der Waals surface area (Å²) in [5.41, 5.74) is 1.08. The summed E-state index contributed by atoms with van der Waals surface area (Å²) >= 11 is 0. The Morgan fingerprint density at radius 3 is 2.48 bits per heavy atom. The highest BCUT2D eigenvalue weighted by Gasteiger charge is 2.36. The minimum atomic E-state index is -2.00. The van der Waals surface area contributed by atoms with Crippen molar-refractivity contribution in [1.82, 2.24) is 4.90 Å². The van der Waals surface area contributed by atoms with Gasteiger partial charge in [-0.1, -0.05) is 30.3 Å². The molecule has 1 heterocycles. The maximum Gasteiger partial charge on any atom is 0.310 e. The lowest BCUT2D eigenvalue weighted by Gasteiger charge is -2.29. The number of alkyl halides is 1. The second kappa shape index (κ2) is 8.62. The molecule has 6 heteroatoms. The zero-order valence-electron chi connectivity index (χ0n) is 13.0. The van der Waals surface area contributed by atoms with E-state index in [-0.39, 0.29) is 6.42 Å². The molecule has 5 nitrogen and oxygen atoms in total. The second-order valence-corrected chi connectivity index (χ2v) is 5.66. The molecule has 1 unspecified atom stereocenters. The van der Waals surface area contributed by atoms with Gasteiger partial charge in [0.15, 0.2) is 6.17 Å². The molecule has 1 aliphatic rings. The molecule has 126 valence electrons. The van der Waals surface area contributed by atoms with Gasteiger partial charge in [0.2, 0.25) is 0 Å². The molecule has 0 spiro atoms. The normalized spacial score (nSPS) is 17.5. The molecule has 1 N–H and O–H groups in total. The van der Waals surface area contributed by atoms with Crippen molar-refractivity contribution in [3.05, 3.63) is 35.9 Å². The van der Waals surface area contributed by atoms with Gasteiger partial charge >= 0.3 is 5.97 Å². The van der Waals surface area contributed by atoms with Crippen LogP contribution in [-0.4, -0.2) is 54.4 Å². The predicted molar refractivity (Wildman–Crippen MR) is 82.8 cm³/mol. The average molecular weight is 323 g/mol. The van der Waals surface area contributed by atoms with Crippen LogP contribution in [0.4, 0.5) is 4.39 Å². The van der Waals surface area contributed by atoms with Gasteiger partial charge in [-0.3, -0.25) is 9.59 Å². The van der Waals surface area contributed by atoms with E-state index in [1.54, 1.807) is 0 Å². The lowest BCUT2D eigenvalue weighted by Crippen LogP contribution is -2.47. The molecular weight excluding hydrogens is 301 g/mol. The van der Waals surface area contributed by atoms with Crippen molar-refractivity contribution < 1.29 is 23.8 Å². The lowest BCUT2D eigenvalue weighted by atomic mass is 9.94. The zero-order valence-corrected chi connectivity index (χ0v) is 13.0. The van der Waals surface area contributed by atoms with Crippen molar-refractivity contribution in [1.29, 1.82) is 0 Å². The van der Waals surface area contributed by atoms with Crippen molar-refractivity contribution in [3.8, 4) is 0 Å². The molecule has 2 atom stereocenters. The first kappa shape index (κ1) is 17.4. The molecule has 0 radical (unpaired) electrons. The molecule has 0 bridgehead atoms. The smallest absolute Gasteiger partial charge is 0.310 e. The molecule has 0 saturated carbocycles. The Hall–Kier alpha value is -1.95. The standard InChI is InChI=1S/C17H22FNO4/c18-15(16(20)19-9-11-23-12-10-19)14(17(21)22)8-4-7-13-5-2-1-3-6-13/h1-3,5-6,14-15H,4,7-12H2,(H,21,22)/t14?,15-/m0/s1. The summed E-state index contributed by atoms with van der Waals surface area (Å²) in [5, 5.41) is 9.25. The number of aryl methyl sites for hydroxylation is 1. The average Bonchev–Trinajstić information content (AvgIpc) is 2.59. The first-order valence-electron chi connectivity index (χ1n) is 7.87. The Balaban J connectivity index is 1.89. The van der Waals surface area contributed by atoms with E-state index in [0.717, 1.165) is 5.56 Å². The maximum atomic E-state index is 14.4. The number of benzene rings is 1. The molecule has 0 aliphatic carbocycles. The van der Waals surface area contributed by atoms with Gasteiger partial charge in [-0.2, -0.15) is 0 Å². The number of ether oxygens (including phenoxy) is 1. The number of hydrogen-bond donors (Lipinski definition) is 1. The predicted octanol–water partition coefficient (Wildman–Crippen LogP) is 1.91. The number of carboxylic acid groups (broad SMARTS) is 1. The van der Waals surface area contributed by atoms with Crippen LogP contribution < -0.4 is 0 Å². The minimum Gasteiger partial charge on any atom is -0.481 e. The van der Waals surface area contributed by atoms with Crippen LogP contribution in [0.25, 0.3) is 0 Å². The first-order valence-corrected chi connectivity index (χ1v) is 7.87. The van der Waals surface area contributed by atoms with E-state index in [1.165, 1.54) is 4.90 Å². The third kappa shape index (κ3) is 5.03. The van der Waals surface area contributed by atoms with Gasteiger partial charge in [0.05, 0.1) is 19.1 Å². The lowest BCUT2D eigenvalue weighted by molar-refractivity contribution is -0.153. The van der Waals surface area contributed by atoms with Gasteiger partial charge in [-0.05, 0) is 24.8 Å². The first-order chi connectivity index (χ1) is 11.1. The van der Waals surface area contributed by atoms with Gasteiger partial charge in [-0.15, -0.1) is 0 Å². The number of amides is 1. The Labute approximate surface area is 135 Å². The molecule has 23 heavy (non-hydrogen) atoms. The Bertz CT molecular complexity index is 517. The van der Waals surface area contributed by atoms with Crippen LogP contribution >= 0.6 is 0 Å². The zero-order chi connectivity index (χ0) is 16.7. The summed E-state index contributed by atoms with van der Waals surface area (Å²) in [6.07, 6.45) is -0.663. The topological polar surface area (TPSA) is 66.8 Å². The second-order valence-electron chi connectivity index (χ2n) is 5.66. The summed E-state index contributed by atoms with van der Waals surface area (Å²) in [7, 11) is 0. The number of nitrogens with zero attached hydrogens (tertiary/aromatic N) is 1. The van der Waals surface area contributed by atoms with Crippen molar-refractivity contribution in [2.75, 3.05) is 26.3 Å². The number of morpholine rings is 1. The van der Waals surface area contributed by atoms with Gasteiger partial charge in [0.1, 0.15) is 0 Å². The summed E-state index contributed by atoms with van der Waals surface area (Å²) in [6, 6.07) is 9.61. The van der Waals surface area contributed by atoms with Gasteiger partial charge < -0.3 is 14.7 Å². The molecule has 1 amide bonds. The van der Waals surface area contributed by atoms with E-state index in [4.69, 9.17) is 4.74 Å². The fourth-order valence-electron chi connectivity index (χ4n) is 2.70. The number of rotatable bonds is 7. The number of aliphatic carboxylic acids is 1. The SMILES string of the molecule is O=C(O)C(CCCc1ccccc1)[C@H](F)C(=O)N1CCOCC1. The summed E-state index contributed by atoms with van der Waals surface area (Å²) in [6.45, 7) is 1.36. The van der Waals surface area contributed by atoms with Crippen LogP contribution in [0.2, 0.25) is 0 Å². The Kier molecular flexibility index (Phi) is 6.52. The van der Waals surface area contributed by atoms with Crippen LogP contribution in [0.1, 0.15) is 18.4 Å². The van der Waals surface area contributed by atoms with E-state index in [1.807, 2.05) is 30.3 Å². The van der Waals surface area contributed by atoms with Crippen LogP contribution in [-0.2, 0) is 20.7 Å². The molecule has 1 aliphatic heterocycles. The molecular formula is C17H22FNO4. The molecule has 2 rings (SSSR count). The van der Waals surface area contributed by atoms with Gasteiger partial charge in [-0.25, -0.2) is 4.39 Å². The summed E-state index contributed by atoms with van der Waals surface area (Å²) in [4.78, 5) is 24.8. The van der Waals surface area contributed by atoms with Gasteiger partial charge in [0.25, 0.3) is 5.91 Å². The highest BCUT2D eigenvalue weighted by Crippen LogP contribution is 2.20. The highest BCUT2D eigenvalue weighted by atomic mass is 19.1. The minimum absolute atomic E-state index is 0.140. The number of carbonyl (C=O) groups excluding carboxylic acids is 1. The van der Waals surface area contributed by atoms with E-state index in [9.17, 15) is 19.1 Å². The summed E-state index contributed by atoms with van der Waals surface area (Å²) in [5.74, 6) is -3.29. The number of hydrogen-bond acceptors (Lipinski definition) is 3. The molecule has 1 aromatic rings. The van der Waals surface area contributed by atoms with Crippen molar-refractivity contribution in [2.24, 2.45) is 5.92 Å². The van der Waals surface area contributed by atoms with Crippen LogP contribution in [0.3, 0.4) is 0 Å². The third-order valence-electron chi connectivity index (χ3n) is 4.05. The largest absolute Gasteiger partial charge is 0.481 e. The van der Waals surface area contributed by atoms with Crippen LogP contribution in [0.5, 0.6) is 0 Å².